The molecule has 1 aliphatic carbocycles. The highest BCUT2D eigenvalue weighted by Gasteiger charge is 2.34. The Morgan fingerprint density at radius 3 is 0.882 bits per heavy atom. The summed E-state index contributed by atoms with van der Waals surface area (Å²) in [4.78, 5) is 0. The van der Waals surface area contributed by atoms with Gasteiger partial charge < -0.3 is 34.9 Å². The summed E-state index contributed by atoms with van der Waals surface area (Å²) >= 11 is 0. The van der Waals surface area contributed by atoms with Crippen molar-refractivity contribution in [1.82, 2.24) is 16.0 Å². The van der Waals surface area contributed by atoms with Crippen LogP contribution < -0.4 is 16.0 Å². The van der Waals surface area contributed by atoms with Crippen LogP contribution in [0.5, 0.6) is 0 Å². The van der Waals surface area contributed by atoms with Crippen LogP contribution in [0.25, 0.3) is 0 Å². The predicted molar refractivity (Wildman–Crippen MR) is 298 cm³/mol. The predicted octanol–water partition coefficient (Wildman–Crippen LogP) is 15.3. The summed E-state index contributed by atoms with van der Waals surface area (Å²) in [7, 11) is 0. The van der Waals surface area contributed by atoms with Crippen LogP contribution >= 0.6 is 0 Å². The molecule has 0 amide bonds. The first kappa shape index (κ1) is 65.7. The molecule has 0 radical (unpaired) electrons. The van der Waals surface area contributed by atoms with Crippen molar-refractivity contribution in [2.75, 3.05) is 72.4 Å². The summed E-state index contributed by atoms with van der Waals surface area (Å²) in [6.07, 6.45) is 14.6. The van der Waals surface area contributed by atoms with Gasteiger partial charge >= 0.3 is 0 Å². The Bertz CT molecular complexity index is 1050. The Balaban J connectivity index is 0.000000389. The van der Waals surface area contributed by atoms with Gasteiger partial charge in [0.2, 0.25) is 0 Å². The van der Waals surface area contributed by atoms with Gasteiger partial charge in [0, 0.05) is 38.4 Å². The van der Waals surface area contributed by atoms with Gasteiger partial charge in [-0.15, -0.1) is 0 Å². The Labute approximate surface area is 427 Å². The zero-order valence-corrected chi connectivity index (χ0v) is 50.6. The number of hydrogen-bond acceptors (Lipinski definition) is 7. The average molecular weight is 965 g/mol. The van der Waals surface area contributed by atoms with Crippen molar-refractivity contribution in [3.63, 3.8) is 0 Å². The maximum Gasteiger partial charge on any atom is 0.0645 e. The molecule has 7 heteroatoms. The average Bonchev–Trinajstić information content (AvgIpc) is 3.89. The maximum absolute atomic E-state index is 5.52. The molecule has 7 aliphatic heterocycles. The number of hydrogen-bond donors (Lipinski definition) is 3. The lowest BCUT2D eigenvalue weighted by atomic mass is 9.69. The minimum Gasteiger partial charge on any atom is -0.381 e. The van der Waals surface area contributed by atoms with Crippen LogP contribution in [0.1, 0.15) is 230 Å². The molecule has 7 nitrogen and oxygen atoms in total. The molecule has 7 heterocycles. The fourth-order valence-corrected chi connectivity index (χ4v) is 9.13. The Morgan fingerprint density at radius 2 is 0.765 bits per heavy atom. The van der Waals surface area contributed by atoms with Crippen molar-refractivity contribution in [2.24, 2.45) is 72.9 Å². The van der Waals surface area contributed by atoms with Gasteiger partial charge in [-0.05, 0) is 158 Å². The molecule has 3 N–H and O–H groups in total. The molecule has 7 saturated heterocycles. The molecule has 8 rings (SSSR count). The van der Waals surface area contributed by atoms with Crippen LogP contribution in [0, 0.1) is 72.9 Å². The van der Waals surface area contributed by atoms with E-state index >= 15 is 0 Å². The monoisotopic (exact) mass is 964 g/mol. The van der Waals surface area contributed by atoms with Crippen LogP contribution in [0.15, 0.2) is 0 Å². The topological polar surface area (TPSA) is 73.0 Å². The second-order valence-corrected chi connectivity index (χ2v) is 30.7. The summed E-state index contributed by atoms with van der Waals surface area (Å²) in [6, 6.07) is 0.762. The van der Waals surface area contributed by atoms with E-state index in [0.717, 1.165) is 75.3 Å². The molecule has 0 aromatic carbocycles. The lowest BCUT2D eigenvalue weighted by Crippen LogP contribution is -2.48. The molecule has 8 fully saturated rings. The molecule has 5 unspecified atom stereocenters. The highest BCUT2D eigenvalue weighted by Crippen LogP contribution is 2.41. The highest BCUT2D eigenvalue weighted by molar-refractivity contribution is 4.86. The van der Waals surface area contributed by atoms with Crippen LogP contribution in [0.3, 0.4) is 0 Å². The van der Waals surface area contributed by atoms with Crippen LogP contribution in [-0.4, -0.2) is 90.6 Å². The quantitative estimate of drug-likeness (QED) is 0.223. The SMILES string of the molecule is CC(C)(C)C1CCC1.CC(C)(C)C1CCCN1.CC(C)(C)C1CCCO1.CC(C)(C)C1CCNC1.CC(C)(C)C1CCO1.CC(C)(C)C1CCOC1.CC(C)(C)C1CNC1.CC(C)(C)C1COC1. The number of nitrogens with one attached hydrogen (secondary N) is 3. The zero-order valence-electron chi connectivity index (χ0n) is 50.6. The Morgan fingerprint density at radius 1 is 0.309 bits per heavy atom. The van der Waals surface area contributed by atoms with Gasteiger partial charge in [-0.3, -0.25) is 0 Å². The molecule has 8 aliphatic rings. The van der Waals surface area contributed by atoms with Crippen molar-refractivity contribution >= 4 is 0 Å². The van der Waals surface area contributed by atoms with Crippen LogP contribution in [0.2, 0.25) is 0 Å². The third-order valence-electron chi connectivity index (χ3n) is 16.3. The summed E-state index contributed by atoms with van der Waals surface area (Å²) in [5, 5.41) is 10.1. The van der Waals surface area contributed by atoms with Gasteiger partial charge in [-0.25, -0.2) is 0 Å². The summed E-state index contributed by atoms with van der Waals surface area (Å²) < 4.78 is 21.2. The molecule has 0 aromatic rings. The Hall–Kier alpha value is -0.280. The molecule has 0 spiro atoms. The van der Waals surface area contributed by atoms with Crippen molar-refractivity contribution in [1.29, 1.82) is 0 Å². The van der Waals surface area contributed by atoms with Gasteiger partial charge in [-0.2, -0.15) is 0 Å². The minimum absolute atomic E-state index is 0.358. The third-order valence-corrected chi connectivity index (χ3v) is 16.3. The van der Waals surface area contributed by atoms with E-state index in [9.17, 15) is 0 Å². The smallest absolute Gasteiger partial charge is 0.0645 e. The molecule has 68 heavy (non-hydrogen) atoms. The van der Waals surface area contributed by atoms with E-state index < -0.39 is 0 Å². The van der Waals surface area contributed by atoms with E-state index in [2.05, 4.69) is 182 Å². The molecular formula is C61H125N3O4. The molecule has 1 saturated carbocycles. The second-order valence-electron chi connectivity index (χ2n) is 30.7. The van der Waals surface area contributed by atoms with Crippen LogP contribution in [-0.2, 0) is 18.9 Å². The molecule has 408 valence electrons. The van der Waals surface area contributed by atoms with E-state index in [1.54, 1.807) is 0 Å². The van der Waals surface area contributed by atoms with E-state index in [1.165, 1.54) is 96.9 Å². The molecule has 0 bridgehead atoms. The Kier molecular flexibility index (Phi) is 28.0. The largest absolute Gasteiger partial charge is 0.381 e. The minimum atomic E-state index is 0.358. The van der Waals surface area contributed by atoms with Crippen molar-refractivity contribution in [2.45, 2.75) is 249 Å². The third kappa shape index (κ3) is 27.7. The van der Waals surface area contributed by atoms with E-state index in [4.69, 9.17) is 18.9 Å². The zero-order chi connectivity index (χ0) is 52.4. The highest BCUT2D eigenvalue weighted by atomic mass is 16.5. The van der Waals surface area contributed by atoms with Gasteiger partial charge in [-0.1, -0.05) is 173 Å². The summed E-state index contributed by atoms with van der Waals surface area (Å²) in [5.74, 6) is 4.45. The van der Waals surface area contributed by atoms with E-state index in [-0.39, 0.29) is 0 Å². The van der Waals surface area contributed by atoms with Crippen molar-refractivity contribution < 1.29 is 18.9 Å². The first-order valence-electron chi connectivity index (χ1n) is 28.4. The molecular weight excluding hydrogens is 839 g/mol. The standard InChI is InChI=1S/2C8H17N.2C8H16O.C8H16.C7H15N.2C7H14O/c1-8(2,3)7-4-5-9-6-7;1-8(2,3)7-5-4-6-9-7;1-8(2,3)7-4-5-9-6-7;1-8(2,3)7-5-4-6-9-7;1-8(2,3)7-5-4-6-7;2*1-7(2,3)6-4-8-5-6;1-7(2,3)6-4-5-8-6/h2*7,9H,4-6H2,1-3H3;2*7H,4-6H2,1-3H3;7H,4-6H2,1-3H3;6,8H,4-5H2,1-3H3;2*6H,4-5H2,1-3H3. The van der Waals surface area contributed by atoms with Gasteiger partial charge in [0.25, 0.3) is 0 Å². The lowest BCUT2D eigenvalue weighted by Gasteiger charge is -2.38. The fraction of sp³-hybridized carbons (Fsp3) is 1.00. The fourth-order valence-electron chi connectivity index (χ4n) is 9.13. The van der Waals surface area contributed by atoms with Crippen molar-refractivity contribution in [3.8, 4) is 0 Å². The van der Waals surface area contributed by atoms with Gasteiger partial charge in [0.15, 0.2) is 0 Å². The normalized spacial score (nSPS) is 26.9. The first-order valence-corrected chi connectivity index (χ1v) is 28.4. The lowest BCUT2D eigenvalue weighted by molar-refractivity contribution is -0.109. The van der Waals surface area contributed by atoms with Crippen LogP contribution in [0.4, 0.5) is 0 Å². The van der Waals surface area contributed by atoms with Crippen molar-refractivity contribution in [3.05, 3.63) is 0 Å². The first-order chi connectivity index (χ1) is 30.8. The molecule has 5 atom stereocenters. The van der Waals surface area contributed by atoms with Gasteiger partial charge in [0.1, 0.15) is 0 Å². The summed E-state index contributed by atoms with van der Waals surface area (Å²) in [6.45, 7) is 66.8. The number of rotatable bonds is 0. The van der Waals surface area contributed by atoms with E-state index in [1.807, 2.05) is 0 Å². The summed E-state index contributed by atoms with van der Waals surface area (Å²) in [5.41, 5.74) is 3.77. The maximum atomic E-state index is 5.52. The number of ether oxygens (including phenoxy) is 4. The second kappa shape index (κ2) is 29.0. The van der Waals surface area contributed by atoms with Gasteiger partial charge in [0.05, 0.1) is 25.4 Å². The molecule has 0 aromatic heterocycles. The van der Waals surface area contributed by atoms with E-state index in [0.29, 0.717) is 55.5 Å².